The topological polar surface area (TPSA) is 61.6 Å². The van der Waals surface area contributed by atoms with Crippen molar-refractivity contribution in [1.82, 2.24) is 0 Å². The number of ether oxygens (including phenoxy) is 2. The average Bonchev–Trinajstić information content (AvgIpc) is 2.91. The number of benzene rings is 1. The van der Waals surface area contributed by atoms with Crippen molar-refractivity contribution >= 4 is 11.5 Å². The first-order chi connectivity index (χ1) is 12.0. The Labute approximate surface area is 150 Å². The minimum Gasteiger partial charge on any atom is -0.489 e. The Morgan fingerprint density at radius 1 is 1.20 bits per heavy atom. The molecule has 0 radical (unpaired) electrons. The molecule has 0 aliphatic heterocycles. The second-order valence-corrected chi connectivity index (χ2v) is 8.26. The smallest absolute Gasteiger partial charge is 0.142 e. The summed E-state index contributed by atoms with van der Waals surface area (Å²) in [5.74, 6) is 3.04. The van der Waals surface area contributed by atoms with Gasteiger partial charge in [0.15, 0.2) is 0 Å². The Kier molecular flexibility index (Phi) is 4.27. The molecule has 4 atom stereocenters. The second-order valence-electron chi connectivity index (χ2n) is 8.26. The Morgan fingerprint density at radius 3 is 2.84 bits per heavy atom. The number of aryl methyl sites for hydroxylation is 1. The molecule has 4 nitrogen and oxygen atoms in total. The number of anilines is 1. The molecule has 136 valence electrons. The molecule has 2 N–H and O–H groups in total. The molecule has 3 aliphatic carbocycles. The van der Waals surface area contributed by atoms with Gasteiger partial charge in [-0.3, -0.25) is 4.79 Å². The third kappa shape index (κ3) is 2.66. The van der Waals surface area contributed by atoms with Gasteiger partial charge in [0.1, 0.15) is 18.1 Å². The van der Waals surface area contributed by atoms with E-state index in [1.807, 2.05) is 0 Å². The number of carbonyl (C=O) groups excluding carboxylic acids is 1. The van der Waals surface area contributed by atoms with Crippen LogP contribution in [0.2, 0.25) is 0 Å². The highest BCUT2D eigenvalue weighted by Gasteiger charge is 2.54. The molecule has 1 aromatic carbocycles. The lowest BCUT2D eigenvalue weighted by atomic mass is 9.55. The van der Waals surface area contributed by atoms with Gasteiger partial charge in [-0.15, -0.1) is 0 Å². The summed E-state index contributed by atoms with van der Waals surface area (Å²) in [6.45, 7) is 3.31. The summed E-state index contributed by atoms with van der Waals surface area (Å²) in [4.78, 5) is 12.4. The molecule has 2 saturated carbocycles. The normalized spacial score (nSPS) is 33.5. The van der Waals surface area contributed by atoms with Crippen molar-refractivity contribution in [2.45, 2.75) is 51.4 Å². The van der Waals surface area contributed by atoms with Crippen molar-refractivity contribution in [3.63, 3.8) is 0 Å². The number of carbonyl (C=O) groups is 1. The van der Waals surface area contributed by atoms with E-state index in [-0.39, 0.29) is 5.41 Å². The zero-order chi connectivity index (χ0) is 17.6. The van der Waals surface area contributed by atoms with Gasteiger partial charge in [-0.05, 0) is 73.1 Å². The number of nitrogens with two attached hydrogens (primary N) is 1. The molecule has 4 rings (SSSR count). The molecule has 4 heteroatoms. The maximum absolute atomic E-state index is 12.4. The van der Waals surface area contributed by atoms with Crippen LogP contribution in [0.3, 0.4) is 0 Å². The number of rotatable bonds is 4. The molecule has 0 bridgehead atoms. The van der Waals surface area contributed by atoms with Crippen molar-refractivity contribution in [1.29, 1.82) is 0 Å². The van der Waals surface area contributed by atoms with Crippen LogP contribution in [-0.4, -0.2) is 26.1 Å². The molecule has 0 heterocycles. The fourth-order valence-corrected chi connectivity index (χ4v) is 5.75. The fraction of sp³-hybridized carbons (Fsp3) is 0.667. The molecule has 0 aromatic heterocycles. The van der Waals surface area contributed by atoms with Gasteiger partial charge >= 0.3 is 0 Å². The van der Waals surface area contributed by atoms with Crippen molar-refractivity contribution in [3.05, 3.63) is 23.3 Å². The van der Waals surface area contributed by atoms with E-state index in [2.05, 4.69) is 19.1 Å². The van der Waals surface area contributed by atoms with E-state index < -0.39 is 0 Å². The number of nitrogen functional groups attached to an aromatic ring is 1. The van der Waals surface area contributed by atoms with Gasteiger partial charge in [0.25, 0.3) is 0 Å². The van der Waals surface area contributed by atoms with Crippen molar-refractivity contribution < 1.29 is 14.3 Å². The van der Waals surface area contributed by atoms with Gasteiger partial charge in [0.05, 0.1) is 12.3 Å². The molecule has 4 unspecified atom stereocenters. The van der Waals surface area contributed by atoms with Crippen LogP contribution >= 0.6 is 0 Å². The number of hydrogen-bond donors (Lipinski definition) is 1. The summed E-state index contributed by atoms with van der Waals surface area (Å²) >= 11 is 0. The fourth-order valence-electron chi connectivity index (χ4n) is 5.75. The molecule has 25 heavy (non-hydrogen) atoms. The summed E-state index contributed by atoms with van der Waals surface area (Å²) in [5, 5.41) is 0. The summed E-state index contributed by atoms with van der Waals surface area (Å²) in [6.07, 6.45) is 6.26. The van der Waals surface area contributed by atoms with E-state index in [4.69, 9.17) is 15.2 Å². The average molecular weight is 343 g/mol. The third-order valence-corrected chi connectivity index (χ3v) is 7.11. The van der Waals surface area contributed by atoms with E-state index in [0.29, 0.717) is 36.8 Å². The second kappa shape index (κ2) is 6.31. The number of Topliss-reactive ketones (excluding diaryl/α,β-unsaturated/α-hetero) is 1. The summed E-state index contributed by atoms with van der Waals surface area (Å²) < 4.78 is 10.8. The lowest BCUT2D eigenvalue weighted by Gasteiger charge is -2.48. The van der Waals surface area contributed by atoms with Crippen LogP contribution in [0.1, 0.15) is 56.1 Å². The number of ketones is 1. The molecule has 3 aliphatic rings. The van der Waals surface area contributed by atoms with Crippen LogP contribution in [0.25, 0.3) is 0 Å². The highest BCUT2D eigenvalue weighted by atomic mass is 16.5. The quantitative estimate of drug-likeness (QED) is 0.668. The van der Waals surface area contributed by atoms with Crippen molar-refractivity contribution in [3.8, 4) is 5.75 Å². The number of fused-ring (bicyclic) bond motifs is 5. The predicted octanol–water partition coefficient (Wildman–Crippen LogP) is 3.72. The molecular weight excluding hydrogens is 314 g/mol. The van der Waals surface area contributed by atoms with E-state index >= 15 is 0 Å². The van der Waals surface area contributed by atoms with Crippen LogP contribution in [0.5, 0.6) is 5.75 Å². The lowest BCUT2D eigenvalue weighted by Crippen LogP contribution is -2.42. The SMILES string of the molecule is COCCOc1cc2c(cc1N)C1CCC3(C)C(=O)CCC3C1CC2. The van der Waals surface area contributed by atoms with E-state index in [1.54, 1.807) is 7.11 Å². The third-order valence-electron chi connectivity index (χ3n) is 7.11. The molecule has 0 spiro atoms. The highest BCUT2D eigenvalue weighted by Crippen LogP contribution is 2.59. The van der Waals surface area contributed by atoms with Crippen molar-refractivity contribution in [2.24, 2.45) is 17.3 Å². The maximum Gasteiger partial charge on any atom is 0.142 e. The number of hydrogen-bond acceptors (Lipinski definition) is 4. The number of methoxy groups -OCH3 is 1. The maximum atomic E-state index is 12.4. The van der Waals surface area contributed by atoms with Crippen LogP contribution in [0.4, 0.5) is 5.69 Å². The first kappa shape index (κ1) is 16.9. The highest BCUT2D eigenvalue weighted by molar-refractivity contribution is 5.87. The zero-order valence-corrected chi connectivity index (χ0v) is 15.3. The standard InChI is InChI=1S/C21H29NO3/c1-21-8-7-14-15(17(21)5-6-20(21)23)4-3-13-11-19(25-10-9-24-2)18(22)12-16(13)14/h11-12,14-15,17H,3-10,22H2,1-2H3. The van der Waals surface area contributed by atoms with Gasteiger partial charge in [0, 0.05) is 18.9 Å². The Bertz CT molecular complexity index is 686. The molecule has 1 aromatic rings. The first-order valence-electron chi connectivity index (χ1n) is 9.62. The zero-order valence-electron chi connectivity index (χ0n) is 15.3. The lowest BCUT2D eigenvalue weighted by molar-refractivity contribution is -0.129. The molecule has 0 saturated heterocycles. The minimum absolute atomic E-state index is 0.0621. The van der Waals surface area contributed by atoms with Crippen LogP contribution in [0, 0.1) is 17.3 Å². The molecular formula is C21H29NO3. The molecule has 2 fully saturated rings. The van der Waals surface area contributed by atoms with Gasteiger partial charge in [-0.25, -0.2) is 0 Å². The summed E-state index contributed by atoms with van der Waals surface area (Å²) in [7, 11) is 1.67. The first-order valence-corrected chi connectivity index (χ1v) is 9.62. The minimum atomic E-state index is -0.0621. The van der Waals surface area contributed by atoms with Gasteiger partial charge in [-0.1, -0.05) is 6.92 Å². The summed E-state index contributed by atoms with van der Waals surface area (Å²) in [5.41, 5.74) is 9.75. The van der Waals surface area contributed by atoms with E-state index in [0.717, 1.165) is 43.5 Å². The van der Waals surface area contributed by atoms with Crippen LogP contribution in [-0.2, 0) is 16.0 Å². The monoisotopic (exact) mass is 343 g/mol. The van der Waals surface area contributed by atoms with Crippen molar-refractivity contribution in [2.75, 3.05) is 26.1 Å². The van der Waals surface area contributed by atoms with E-state index in [9.17, 15) is 4.79 Å². The Morgan fingerprint density at radius 2 is 2.04 bits per heavy atom. The van der Waals surface area contributed by atoms with Gasteiger partial charge < -0.3 is 15.2 Å². The molecule has 0 amide bonds. The summed E-state index contributed by atoms with van der Waals surface area (Å²) in [6, 6.07) is 4.29. The predicted molar refractivity (Wildman–Crippen MR) is 97.8 cm³/mol. The van der Waals surface area contributed by atoms with Crippen LogP contribution in [0.15, 0.2) is 12.1 Å². The van der Waals surface area contributed by atoms with Gasteiger partial charge in [-0.2, -0.15) is 0 Å². The van der Waals surface area contributed by atoms with E-state index in [1.165, 1.54) is 17.5 Å². The van der Waals surface area contributed by atoms with Crippen LogP contribution < -0.4 is 10.5 Å². The largest absolute Gasteiger partial charge is 0.489 e. The Balaban J connectivity index is 1.60. The van der Waals surface area contributed by atoms with Gasteiger partial charge in [0.2, 0.25) is 0 Å². The Hall–Kier alpha value is -1.55.